The molecule has 0 aliphatic heterocycles. The lowest BCUT2D eigenvalue weighted by molar-refractivity contribution is -0.138. The molecular weight excluding hydrogens is 409 g/mol. The highest BCUT2D eigenvalue weighted by Gasteiger charge is 2.31. The van der Waals surface area contributed by atoms with Gasteiger partial charge < -0.3 is 0 Å². The highest BCUT2D eigenvalue weighted by atomic mass is 35.5. The van der Waals surface area contributed by atoms with Gasteiger partial charge in [-0.05, 0) is 59.6 Å². The van der Waals surface area contributed by atoms with Gasteiger partial charge in [0.1, 0.15) is 0 Å². The Balaban J connectivity index is 0.000000260. The minimum absolute atomic E-state index is 0.0506. The van der Waals surface area contributed by atoms with Crippen LogP contribution in [0.4, 0.5) is 26.3 Å². The Morgan fingerprint density at radius 2 is 1.12 bits per heavy atom. The smallest absolute Gasteiger partial charge is 0.276 e. The summed E-state index contributed by atoms with van der Waals surface area (Å²) >= 11 is 10.1. The Hall–Kier alpha value is -2.06. The van der Waals surface area contributed by atoms with Gasteiger partial charge in [-0.2, -0.15) is 26.3 Å². The van der Waals surface area contributed by atoms with Crippen molar-refractivity contribution in [3.63, 3.8) is 0 Å². The molecule has 2 rings (SSSR count). The van der Waals surface area contributed by atoms with Crippen molar-refractivity contribution >= 4 is 33.7 Å². The third-order valence-electron chi connectivity index (χ3n) is 2.86. The fourth-order valence-electron chi connectivity index (χ4n) is 1.61. The van der Waals surface area contributed by atoms with Crippen LogP contribution < -0.4 is 0 Å². The number of hydrogen-bond acceptors (Lipinski definition) is 2. The Morgan fingerprint density at radius 3 is 1.50 bits per heavy atom. The van der Waals surface area contributed by atoms with Crippen LogP contribution in [0, 0.1) is 0 Å². The average molecular weight is 417 g/mol. The summed E-state index contributed by atoms with van der Waals surface area (Å²) < 4.78 is 72.2. The Kier molecular flexibility index (Phi) is 7.23. The first-order chi connectivity index (χ1) is 11.8. The van der Waals surface area contributed by atoms with Crippen molar-refractivity contribution < 1.29 is 35.9 Å². The topological polar surface area (TPSA) is 34.1 Å². The standard InChI is InChI=1S/2C8H4ClF3O/c9-7(13)5-1-3-6(4-2-5)8(10,11)12;9-7(13)5-2-1-3-6(4-5)8(10,11)12/h2*1-4H. The van der Waals surface area contributed by atoms with E-state index in [2.05, 4.69) is 0 Å². The monoisotopic (exact) mass is 416 g/mol. The van der Waals surface area contributed by atoms with Crippen molar-refractivity contribution in [3.8, 4) is 0 Å². The molecule has 0 aliphatic carbocycles. The van der Waals surface area contributed by atoms with E-state index in [1.54, 1.807) is 0 Å². The second-order valence-corrected chi connectivity index (χ2v) is 5.39. The number of alkyl halides is 6. The number of benzene rings is 2. The van der Waals surface area contributed by atoms with Gasteiger partial charge in [0.15, 0.2) is 0 Å². The summed E-state index contributed by atoms with van der Waals surface area (Å²) in [7, 11) is 0. The minimum Gasteiger partial charge on any atom is -0.276 e. The molecule has 0 heterocycles. The van der Waals surface area contributed by atoms with Crippen LogP contribution in [-0.4, -0.2) is 10.5 Å². The molecule has 0 spiro atoms. The molecule has 0 saturated carbocycles. The molecule has 10 heteroatoms. The number of halogens is 8. The lowest BCUT2D eigenvalue weighted by Crippen LogP contribution is -2.05. The van der Waals surface area contributed by atoms with Crippen LogP contribution in [-0.2, 0) is 12.4 Å². The summed E-state index contributed by atoms with van der Waals surface area (Å²) in [6, 6.07) is 7.67. The molecule has 26 heavy (non-hydrogen) atoms. The van der Waals surface area contributed by atoms with Gasteiger partial charge in [-0.15, -0.1) is 0 Å². The number of carbonyl (C=O) groups excluding carboxylic acids is 2. The van der Waals surface area contributed by atoms with Gasteiger partial charge in [0.2, 0.25) is 0 Å². The molecule has 0 fully saturated rings. The van der Waals surface area contributed by atoms with E-state index in [0.717, 1.165) is 42.5 Å². The van der Waals surface area contributed by atoms with E-state index in [1.165, 1.54) is 6.07 Å². The van der Waals surface area contributed by atoms with E-state index < -0.39 is 34.0 Å². The van der Waals surface area contributed by atoms with Crippen LogP contribution in [0.15, 0.2) is 48.5 Å². The van der Waals surface area contributed by atoms with Gasteiger partial charge in [-0.25, -0.2) is 0 Å². The van der Waals surface area contributed by atoms with E-state index in [0.29, 0.717) is 0 Å². The summed E-state index contributed by atoms with van der Waals surface area (Å²) in [5.41, 5.74) is -1.78. The van der Waals surface area contributed by atoms with Crippen LogP contribution in [0.5, 0.6) is 0 Å². The van der Waals surface area contributed by atoms with Crippen molar-refractivity contribution in [3.05, 3.63) is 70.8 Å². The summed E-state index contributed by atoms with van der Waals surface area (Å²) in [6.07, 6.45) is -8.82. The first kappa shape index (κ1) is 22.0. The van der Waals surface area contributed by atoms with Gasteiger partial charge in [-0.1, -0.05) is 12.1 Å². The molecule has 0 aromatic heterocycles. The predicted octanol–water partition coefficient (Wildman–Crippen LogP) is 6.17. The van der Waals surface area contributed by atoms with Crippen molar-refractivity contribution in [1.29, 1.82) is 0 Å². The van der Waals surface area contributed by atoms with Crippen LogP contribution >= 0.6 is 23.2 Å². The fourth-order valence-corrected chi connectivity index (χ4v) is 1.85. The maximum Gasteiger partial charge on any atom is 0.416 e. The fraction of sp³-hybridized carbons (Fsp3) is 0.125. The van der Waals surface area contributed by atoms with E-state index in [4.69, 9.17) is 23.2 Å². The zero-order chi connectivity index (χ0) is 20.1. The lowest BCUT2D eigenvalue weighted by atomic mass is 10.1. The van der Waals surface area contributed by atoms with E-state index in [9.17, 15) is 35.9 Å². The molecule has 0 aliphatic rings. The van der Waals surface area contributed by atoms with Crippen LogP contribution in [0.1, 0.15) is 31.8 Å². The van der Waals surface area contributed by atoms with E-state index in [-0.39, 0.29) is 11.1 Å². The Bertz CT molecular complexity index is 783. The Labute approximate surface area is 153 Å². The molecule has 0 amide bonds. The molecule has 2 nitrogen and oxygen atoms in total. The first-order valence-corrected chi connectivity index (χ1v) is 7.32. The van der Waals surface area contributed by atoms with Crippen LogP contribution in [0.3, 0.4) is 0 Å². The summed E-state index contributed by atoms with van der Waals surface area (Å²) in [6.45, 7) is 0. The largest absolute Gasteiger partial charge is 0.416 e. The lowest BCUT2D eigenvalue weighted by Gasteiger charge is -2.06. The zero-order valence-corrected chi connectivity index (χ0v) is 14.0. The third kappa shape index (κ3) is 6.68. The molecule has 0 saturated heterocycles. The predicted molar refractivity (Wildman–Crippen MR) is 83.3 cm³/mol. The second kappa shape index (κ2) is 8.55. The molecule has 140 valence electrons. The van der Waals surface area contributed by atoms with Crippen molar-refractivity contribution in [2.45, 2.75) is 12.4 Å². The normalized spacial score (nSPS) is 11.4. The summed E-state index contributed by atoms with van der Waals surface area (Å²) in [5, 5.41) is -1.67. The summed E-state index contributed by atoms with van der Waals surface area (Å²) in [4.78, 5) is 21.0. The Morgan fingerprint density at radius 1 is 0.654 bits per heavy atom. The maximum absolute atomic E-state index is 12.1. The molecular formula is C16H8Cl2F6O2. The number of hydrogen-bond donors (Lipinski definition) is 0. The highest BCUT2D eigenvalue weighted by Crippen LogP contribution is 2.30. The van der Waals surface area contributed by atoms with Gasteiger partial charge >= 0.3 is 12.4 Å². The third-order valence-corrected chi connectivity index (χ3v) is 3.29. The maximum atomic E-state index is 12.1. The molecule has 0 bridgehead atoms. The number of rotatable bonds is 2. The molecule has 0 N–H and O–H groups in total. The van der Waals surface area contributed by atoms with Crippen molar-refractivity contribution in [1.82, 2.24) is 0 Å². The second-order valence-electron chi connectivity index (χ2n) is 4.70. The van der Waals surface area contributed by atoms with Gasteiger partial charge in [0.05, 0.1) is 11.1 Å². The molecule has 0 atom stereocenters. The SMILES string of the molecule is O=C(Cl)c1ccc(C(F)(F)F)cc1.O=C(Cl)c1cccc(C(F)(F)F)c1. The van der Waals surface area contributed by atoms with Crippen molar-refractivity contribution in [2.75, 3.05) is 0 Å². The first-order valence-electron chi connectivity index (χ1n) is 6.56. The molecule has 2 aromatic rings. The molecule has 0 radical (unpaired) electrons. The van der Waals surface area contributed by atoms with Gasteiger partial charge in [0.25, 0.3) is 10.5 Å². The van der Waals surface area contributed by atoms with Crippen LogP contribution in [0.2, 0.25) is 0 Å². The average Bonchev–Trinajstić information content (AvgIpc) is 2.54. The van der Waals surface area contributed by atoms with E-state index >= 15 is 0 Å². The molecule has 2 aromatic carbocycles. The zero-order valence-electron chi connectivity index (χ0n) is 12.5. The van der Waals surface area contributed by atoms with Crippen LogP contribution in [0.25, 0.3) is 0 Å². The summed E-state index contributed by atoms with van der Waals surface area (Å²) in [5.74, 6) is 0. The quantitative estimate of drug-likeness (QED) is 0.433. The van der Waals surface area contributed by atoms with Gasteiger partial charge in [0, 0.05) is 11.1 Å². The molecule has 0 unspecified atom stereocenters. The highest BCUT2D eigenvalue weighted by molar-refractivity contribution is 6.68. The number of carbonyl (C=O) groups is 2. The van der Waals surface area contributed by atoms with E-state index in [1.807, 2.05) is 0 Å². The van der Waals surface area contributed by atoms with Crippen molar-refractivity contribution in [2.24, 2.45) is 0 Å². The minimum atomic E-state index is -4.44. The van der Waals surface area contributed by atoms with Gasteiger partial charge in [-0.3, -0.25) is 9.59 Å².